The van der Waals surface area contributed by atoms with Crippen LogP contribution in [0.2, 0.25) is 0 Å². The highest BCUT2D eigenvalue weighted by molar-refractivity contribution is 8.14. The summed E-state index contributed by atoms with van der Waals surface area (Å²) < 4.78 is 4.78. The summed E-state index contributed by atoms with van der Waals surface area (Å²) in [6, 6.07) is 6.94. The molecule has 0 aliphatic heterocycles. The molecule has 0 saturated heterocycles. The number of H-pyrrole nitrogens is 1. The fraction of sp³-hybridized carbons (Fsp3) is 0.500. The van der Waals surface area contributed by atoms with Crippen LogP contribution in [0.4, 0.5) is 0 Å². The molecule has 9 heteroatoms. The Kier molecular flexibility index (Phi) is 9.96. The Morgan fingerprint density at radius 1 is 1.12 bits per heavy atom. The average Bonchev–Trinajstić information content (AvgIpc) is 3.18. The molecular weight excluding hydrogens is 442 g/mol. The maximum absolute atomic E-state index is 13.4. The molecule has 3 N–H and O–H groups in total. The van der Waals surface area contributed by atoms with E-state index in [0.717, 1.165) is 28.2 Å². The number of carbonyl (C=O) groups is 4. The van der Waals surface area contributed by atoms with Gasteiger partial charge in [0.05, 0.1) is 19.4 Å². The third-order valence-corrected chi connectivity index (χ3v) is 6.53. The van der Waals surface area contributed by atoms with Crippen molar-refractivity contribution in [2.24, 2.45) is 11.8 Å². The second kappa shape index (κ2) is 12.4. The van der Waals surface area contributed by atoms with Gasteiger partial charge in [0, 0.05) is 42.7 Å². The average molecular weight is 476 g/mol. The first kappa shape index (κ1) is 26.4. The molecule has 8 nitrogen and oxygen atoms in total. The van der Waals surface area contributed by atoms with Crippen LogP contribution in [-0.4, -0.2) is 53.3 Å². The van der Waals surface area contributed by atoms with Crippen molar-refractivity contribution in [1.29, 1.82) is 0 Å². The van der Waals surface area contributed by atoms with Crippen molar-refractivity contribution in [3.63, 3.8) is 0 Å². The topological polar surface area (TPSA) is 117 Å². The molecule has 0 saturated carbocycles. The number of para-hydroxylation sites is 1. The lowest BCUT2D eigenvalue weighted by molar-refractivity contribution is -0.141. The number of nitrogens with one attached hydrogen (secondary N) is 3. The SMILES string of the molecule is CNC(=O)[C@H](Cc1c[nH]c2ccccc12)NC(=O)[C@@H](CC(C)C)[C@H](CC(=O)OC)SC(C)=O. The Hall–Kier alpha value is -2.81. The van der Waals surface area contributed by atoms with Crippen LogP contribution in [0.15, 0.2) is 30.5 Å². The summed E-state index contributed by atoms with van der Waals surface area (Å²) >= 11 is 0.964. The van der Waals surface area contributed by atoms with Gasteiger partial charge in [0.2, 0.25) is 11.8 Å². The first-order chi connectivity index (χ1) is 15.7. The summed E-state index contributed by atoms with van der Waals surface area (Å²) in [6.45, 7) is 5.34. The van der Waals surface area contributed by atoms with E-state index in [0.29, 0.717) is 12.8 Å². The number of thioether (sulfide) groups is 1. The molecule has 0 aliphatic rings. The zero-order chi connectivity index (χ0) is 24.5. The van der Waals surface area contributed by atoms with E-state index in [4.69, 9.17) is 4.74 Å². The van der Waals surface area contributed by atoms with E-state index in [1.165, 1.54) is 21.1 Å². The number of fused-ring (bicyclic) bond motifs is 1. The molecule has 2 amide bonds. The van der Waals surface area contributed by atoms with E-state index in [-0.39, 0.29) is 29.3 Å². The van der Waals surface area contributed by atoms with Gasteiger partial charge in [-0.25, -0.2) is 0 Å². The maximum atomic E-state index is 13.4. The van der Waals surface area contributed by atoms with Gasteiger partial charge in [-0.2, -0.15) is 0 Å². The van der Waals surface area contributed by atoms with Crippen molar-refractivity contribution in [2.45, 2.75) is 51.3 Å². The van der Waals surface area contributed by atoms with Crippen molar-refractivity contribution in [3.8, 4) is 0 Å². The van der Waals surface area contributed by atoms with Crippen molar-refractivity contribution in [2.75, 3.05) is 14.2 Å². The molecular formula is C24H33N3O5S. The monoisotopic (exact) mass is 475 g/mol. The van der Waals surface area contributed by atoms with Crippen LogP contribution in [-0.2, 0) is 30.3 Å². The minimum absolute atomic E-state index is 0.0708. The Labute approximate surface area is 198 Å². The number of aromatic nitrogens is 1. The number of hydrogen-bond donors (Lipinski definition) is 3. The first-order valence-corrected chi connectivity index (χ1v) is 11.8. The van der Waals surface area contributed by atoms with Gasteiger partial charge in [-0.3, -0.25) is 19.2 Å². The summed E-state index contributed by atoms with van der Waals surface area (Å²) in [5, 5.41) is 5.70. The molecule has 1 heterocycles. The van der Waals surface area contributed by atoms with Crippen molar-refractivity contribution >= 4 is 45.6 Å². The van der Waals surface area contributed by atoms with Crippen LogP contribution >= 0.6 is 11.8 Å². The van der Waals surface area contributed by atoms with E-state index in [1.54, 1.807) is 0 Å². The fourth-order valence-corrected chi connectivity index (χ4v) is 4.89. The molecule has 3 atom stereocenters. The van der Waals surface area contributed by atoms with Crippen molar-refractivity contribution in [1.82, 2.24) is 15.6 Å². The quantitative estimate of drug-likeness (QED) is 0.430. The standard InChI is InChI=1S/C24H33N3O5S/c1-14(2)10-18(21(33-15(3)28)12-22(29)32-5)23(30)27-20(24(31)25-4)11-16-13-26-19-9-7-6-8-17(16)19/h6-9,13-14,18,20-21,26H,10-12H2,1-5H3,(H,25,31)(H,27,30)/t18-,20-,21-/m0/s1. The van der Waals surface area contributed by atoms with E-state index in [1.807, 2.05) is 44.3 Å². The number of hydrogen-bond acceptors (Lipinski definition) is 6. The van der Waals surface area contributed by atoms with Gasteiger partial charge in [-0.15, -0.1) is 0 Å². The largest absolute Gasteiger partial charge is 0.469 e. The number of esters is 1. The van der Waals surface area contributed by atoms with Crippen molar-refractivity contribution in [3.05, 3.63) is 36.0 Å². The molecule has 33 heavy (non-hydrogen) atoms. The Morgan fingerprint density at radius 2 is 1.82 bits per heavy atom. The van der Waals surface area contributed by atoms with Crippen LogP contribution in [0.25, 0.3) is 10.9 Å². The molecule has 1 aromatic carbocycles. The summed E-state index contributed by atoms with van der Waals surface area (Å²) in [5.74, 6) is -1.67. The smallest absolute Gasteiger partial charge is 0.306 e. The number of likely N-dealkylation sites (N-methyl/N-ethyl adjacent to an activating group) is 1. The number of aromatic amines is 1. The molecule has 1 aromatic heterocycles. The second-order valence-corrected chi connectivity index (χ2v) is 9.82. The summed E-state index contributed by atoms with van der Waals surface area (Å²) in [6.07, 6.45) is 2.52. The Bertz CT molecular complexity index is 987. The Balaban J connectivity index is 2.30. The lowest BCUT2D eigenvalue weighted by atomic mass is 9.91. The Morgan fingerprint density at radius 3 is 2.42 bits per heavy atom. The van der Waals surface area contributed by atoms with E-state index in [2.05, 4.69) is 15.6 Å². The van der Waals surface area contributed by atoms with Gasteiger partial charge in [0.15, 0.2) is 5.12 Å². The molecule has 0 bridgehead atoms. The highest BCUT2D eigenvalue weighted by atomic mass is 32.2. The minimum Gasteiger partial charge on any atom is -0.469 e. The van der Waals surface area contributed by atoms with Crippen LogP contribution in [0.5, 0.6) is 0 Å². The number of methoxy groups -OCH3 is 1. The van der Waals surface area contributed by atoms with Gasteiger partial charge in [-0.05, 0) is 24.0 Å². The zero-order valence-corrected chi connectivity index (χ0v) is 20.6. The molecule has 0 unspecified atom stereocenters. The molecule has 2 aromatic rings. The lowest BCUT2D eigenvalue weighted by Crippen LogP contribution is -2.50. The van der Waals surface area contributed by atoms with Crippen LogP contribution < -0.4 is 10.6 Å². The fourth-order valence-electron chi connectivity index (χ4n) is 3.85. The second-order valence-electron chi connectivity index (χ2n) is 8.40. The molecule has 2 rings (SSSR count). The summed E-state index contributed by atoms with van der Waals surface area (Å²) in [4.78, 5) is 53.1. The first-order valence-electron chi connectivity index (χ1n) is 11.0. The predicted octanol–water partition coefficient (Wildman–Crippen LogP) is 2.81. The zero-order valence-electron chi connectivity index (χ0n) is 19.8. The molecule has 0 radical (unpaired) electrons. The van der Waals surface area contributed by atoms with E-state index < -0.39 is 23.2 Å². The maximum Gasteiger partial charge on any atom is 0.306 e. The van der Waals surface area contributed by atoms with Crippen molar-refractivity contribution < 1.29 is 23.9 Å². The number of rotatable bonds is 11. The van der Waals surface area contributed by atoms with Gasteiger partial charge >= 0.3 is 5.97 Å². The van der Waals surface area contributed by atoms with Gasteiger partial charge in [0.1, 0.15) is 6.04 Å². The number of amides is 2. The number of benzene rings is 1. The third kappa shape index (κ3) is 7.63. The summed E-state index contributed by atoms with van der Waals surface area (Å²) in [5.41, 5.74) is 1.85. The van der Waals surface area contributed by atoms with Gasteiger partial charge < -0.3 is 20.4 Å². The van der Waals surface area contributed by atoms with Crippen LogP contribution in [0, 0.1) is 11.8 Å². The highest BCUT2D eigenvalue weighted by Crippen LogP contribution is 2.30. The molecule has 180 valence electrons. The highest BCUT2D eigenvalue weighted by Gasteiger charge is 2.34. The van der Waals surface area contributed by atoms with E-state index >= 15 is 0 Å². The lowest BCUT2D eigenvalue weighted by Gasteiger charge is -2.28. The van der Waals surface area contributed by atoms with E-state index in [9.17, 15) is 19.2 Å². The number of ether oxygens (including phenoxy) is 1. The van der Waals surface area contributed by atoms with Gasteiger partial charge in [0.25, 0.3) is 0 Å². The summed E-state index contributed by atoms with van der Waals surface area (Å²) in [7, 11) is 2.80. The van der Waals surface area contributed by atoms with Crippen LogP contribution in [0.1, 0.15) is 39.2 Å². The molecule has 0 aliphatic carbocycles. The predicted molar refractivity (Wildman–Crippen MR) is 130 cm³/mol. The number of carbonyl (C=O) groups excluding carboxylic acids is 4. The third-order valence-electron chi connectivity index (χ3n) is 5.40. The van der Waals surface area contributed by atoms with Crippen LogP contribution in [0.3, 0.4) is 0 Å². The molecule has 0 spiro atoms. The molecule has 0 fully saturated rings. The minimum atomic E-state index is -0.808. The van der Waals surface area contributed by atoms with Gasteiger partial charge in [-0.1, -0.05) is 43.8 Å². The normalized spacial score (nSPS) is 13.9.